The van der Waals surface area contributed by atoms with Gasteiger partial charge in [0.1, 0.15) is 0 Å². The van der Waals surface area contributed by atoms with Gasteiger partial charge in [0.2, 0.25) is 5.91 Å². The van der Waals surface area contributed by atoms with Crippen LogP contribution in [-0.4, -0.2) is 53.9 Å². The summed E-state index contributed by atoms with van der Waals surface area (Å²) in [6.07, 6.45) is 2.56. The molecule has 0 unspecified atom stereocenters. The van der Waals surface area contributed by atoms with Crippen molar-refractivity contribution in [1.82, 2.24) is 20.1 Å². The maximum absolute atomic E-state index is 12.3. The van der Waals surface area contributed by atoms with E-state index in [-0.39, 0.29) is 5.91 Å². The van der Waals surface area contributed by atoms with E-state index in [4.69, 9.17) is 4.42 Å². The Bertz CT molecular complexity index is 978. The summed E-state index contributed by atoms with van der Waals surface area (Å²) < 4.78 is 5.78. The van der Waals surface area contributed by atoms with Crippen molar-refractivity contribution in [3.8, 4) is 11.3 Å². The molecule has 0 radical (unpaired) electrons. The summed E-state index contributed by atoms with van der Waals surface area (Å²) in [7, 11) is 2.17. The summed E-state index contributed by atoms with van der Waals surface area (Å²) in [5.74, 6) is 1.32. The first-order valence-electron chi connectivity index (χ1n) is 10.9. The SMILES string of the molecule is CN1CCN(Cc2cccc(CNC(=O)CCc3ncc(-c4ccccc4)o3)c2)CC1. The molecule has 4 rings (SSSR count). The highest BCUT2D eigenvalue weighted by Crippen LogP contribution is 2.20. The first-order chi connectivity index (χ1) is 15.2. The van der Waals surface area contributed by atoms with Crippen molar-refractivity contribution >= 4 is 5.91 Å². The first kappa shape index (κ1) is 21.3. The van der Waals surface area contributed by atoms with E-state index in [9.17, 15) is 4.79 Å². The summed E-state index contributed by atoms with van der Waals surface area (Å²) in [6.45, 7) is 5.94. The third kappa shape index (κ3) is 6.26. The van der Waals surface area contributed by atoms with E-state index in [1.54, 1.807) is 6.20 Å². The number of aryl methyl sites for hydroxylation is 1. The number of nitrogens with zero attached hydrogens (tertiary/aromatic N) is 3. The summed E-state index contributed by atoms with van der Waals surface area (Å²) in [6, 6.07) is 18.3. The summed E-state index contributed by atoms with van der Waals surface area (Å²) in [5.41, 5.74) is 3.41. The van der Waals surface area contributed by atoms with Crippen molar-refractivity contribution in [2.75, 3.05) is 33.2 Å². The Morgan fingerprint density at radius 3 is 2.61 bits per heavy atom. The fourth-order valence-electron chi connectivity index (χ4n) is 3.77. The Balaban J connectivity index is 1.22. The van der Waals surface area contributed by atoms with Gasteiger partial charge in [-0.1, -0.05) is 54.6 Å². The minimum Gasteiger partial charge on any atom is -0.441 e. The molecular weight excluding hydrogens is 388 g/mol. The molecule has 3 aromatic rings. The molecule has 31 heavy (non-hydrogen) atoms. The summed E-state index contributed by atoms with van der Waals surface area (Å²) >= 11 is 0. The number of carbonyl (C=O) groups is 1. The van der Waals surface area contributed by atoms with Crippen molar-refractivity contribution in [3.05, 3.63) is 77.8 Å². The topological polar surface area (TPSA) is 61.6 Å². The molecule has 1 aliphatic heterocycles. The van der Waals surface area contributed by atoms with Gasteiger partial charge in [0.05, 0.1) is 6.20 Å². The molecule has 2 aromatic carbocycles. The van der Waals surface area contributed by atoms with Gasteiger partial charge in [0, 0.05) is 57.7 Å². The number of nitrogens with one attached hydrogen (secondary N) is 1. The van der Waals surface area contributed by atoms with Gasteiger partial charge in [-0.15, -0.1) is 0 Å². The lowest BCUT2D eigenvalue weighted by Crippen LogP contribution is -2.43. The van der Waals surface area contributed by atoms with Gasteiger partial charge in [0.25, 0.3) is 0 Å². The smallest absolute Gasteiger partial charge is 0.220 e. The minimum atomic E-state index is 0.00364. The van der Waals surface area contributed by atoms with Crippen LogP contribution in [0.3, 0.4) is 0 Å². The van der Waals surface area contributed by atoms with Crippen LogP contribution in [0.2, 0.25) is 0 Å². The van der Waals surface area contributed by atoms with Crippen LogP contribution in [0, 0.1) is 0 Å². The maximum Gasteiger partial charge on any atom is 0.220 e. The van der Waals surface area contributed by atoms with Crippen LogP contribution in [0.4, 0.5) is 0 Å². The molecule has 1 fully saturated rings. The number of likely N-dealkylation sites (N-methyl/N-ethyl adjacent to an activating group) is 1. The maximum atomic E-state index is 12.3. The predicted octanol–water partition coefficient (Wildman–Crippen LogP) is 3.34. The molecule has 1 saturated heterocycles. The second kappa shape index (κ2) is 10.4. The number of hydrogen-bond donors (Lipinski definition) is 1. The van der Waals surface area contributed by atoms with E-state index in [1.165, 1.54) is 5.56 Å². The zero-order chi connectivity index (χ0) is 21.5. The monoisotopic (exact) mass is 418 g/mol. The predicted molar refractivity (Wildman–Crippen MR) is 121 cm³/mol. The van der Waals surface area contributed by atoms with E-state index in [0.29, 0.717) is 25.3 Å². The lowest BCUT2D eigenvalue weighted by atomic mass is 10.1. The minimum absolute atomic E-state index is 0.00364. The van der Waals surface area contributed by atoms with Crippen LogP contribution in [0.1, 0.15) is 23.4 Å². The Kier molecular flexibility index (Phi) is 7.12. The van der Waals surface area contributed by atoms with Crippen LogP contribution in [0.15, 0.2) is 65.2 Å². The first-order valence-corrected chi connectivity index (χ1v) is 10.9. The number of hydrogen-bond acceptors (Lipinski definition) is 5. The van der Waals surface area contributed by atoms with Gasteiger partial charge in [0.15, 0.2) is 11.7 Å². The Labute approximate surface area is 183 Å². The number of aromatic nitrogens is 1. The van der Waals surface area contributed by atoms with Crippen LogP contribution in [0.5, 0.6) is 0 Å². The molecule has 6 heteroatoms. The van der Waals surface area contributed by atoms with Gasteiger partial charge < -0.3 is 14.6 Å². The third-order valence-electron chi connectivity index (χ3n) is 5.66. The molecule has 0 spiro atoms. The van der Waals surface area contributed by atoms with E-state index < -0.39 is 0 Å². The Hall–Kier alpha value is -2.96. The van der Waals surface area contributed by atoms with Gasteiger partial charge >= 0.3 is 0 Å². The summed E-state index contributed by atoms with van der Waals surface area (Å²) in [4.78, 5) is 21.5. The highest BCUT2D eigenvalue weighted by molar-refractivity contribution is 5.76. The molecule has 1 N–H and O–H groups in total. The second-order valence-corrected chi connectivity index (χ2v) is 8.16. The molecule has 1 aromatic heterocycles. The highest BCUT2D eigenvalue weighted by atomic mass is 16.4. The highest BCUT2D eigenvalue weighted by Gasteiger charge is 2.14. The Morgan fingerprint density at radius 2 is 1.81 bits per heavy atom. The molecule has 0 bridgehead atoms. The number of benzene rings is 2. The molecular formula is C25H30N4O2. The Morgan fingerprint density at radius 1 is 1.03 bits per heavy atom. The number of carbonyl (C=O) groups excluding carboxylic acids is 1. The van der Waals surface area contributed by atoms with Crippen molar-refractivity contribution in [2.24, 2.45) is 0 Å². The average Bonchev–Trinajstić information content (AvgIpc) is 3.28. The normalized spacial score (nSPS) is 15.1. The standard InChI is InChI=1S/C25H30N4O2/c1-28-12-14-29(15-13-28)19-21-7-5-6-20(16-21)17-26-24(30)10-11-25-27-18-23(31-25)22-8-3-2-4-9-22/h2-9,16,18H,10-15,17,19H2,1H3,(H,26,30). The zero-order valence-electron chi connectivity index (χ0n) is 18.1. The molecule has 1 amide bonds. The van der Waals surface area contributed by atoms with Gasteiger partial charge in [-0.2, -0.15) is 0 Å². The molecule has 0 aliphatic carbocycles. The molecule has 162 valence electrons. The zero-order valence-corrected chi connectivity index (χ0v) is 18.1. The van der Waals surface area contributed by atoms with Gasteiger partial charge in [-0.25, -0.2) is 4.98 Å². The number of amides is 1. The van der Waals surface area contributed by atoms with Crippen molar-refractivity contribution in [1.29, 1.82) is 0 Å². The quantitative estimate of drug-likeness (QED) is 0.608. The van der Waals surface area contributed by atoms with E-state index in [2.05, 4.69) is 51.4 Å². The lowest BCUT2D eigenvalue weighted by Gasteiger charge is -2.32. The van der Waals surface area contributed by atoms with E-state index in [0.717, 1.165) is 49.6 Å². The number of rotatable bonds is 8. The largest absolute Gasteiger partial charge is 0.441 e. The van der Waals surface area contributed by atoms with Crippen LogP contribution >= 0.6 is 0 Å². The fraction of sp³-hybridized carbons (Fsp3) is 0.360. The number of oxazole rings is 1. The van der Waals surface area contributed by atoms with E-state index >= 15 is 0 Å². The van der Waals surface area contributed by atoms with Crippen molar-refractivity contribution in [3.63, 3.8) is 0 Å². The lowest BCUT2D eigenvalue weighted by molar-refractivity contribution is -0.121. The molecule has 2 heterocycles. The fourth-order valence-corrected chi connectivity index (χ4v) is 3.77. The van der Waals surface area contributed by atoms with Crippen molar-refractivity contribution < 1.29 is 9.21 Å². The average molecular weight is 419 g/mol. The summed E-state index contributed by atoms with van der Waals surface area (Å²) in [5, 5.41) is 3.02. The second-order valence-electron chi connectivity index (χ2n) is 8.16. The van der Waals surface area contributed by atoms with Crippen molar-refractivity contribution in [2.45, 2.75) is 25.9 Å². The molecule has 0 atom stereocenters. The molecule has 0 saturated carbocycles. The van der Waals surface area contributed by atoms with Gasteiger partial charge in [-0.05, 0) is 18.2 Å². The van der Waals surface area contributed by atoms with E-state index in [1.807, 2.05) is 30.3 Å². The number of piperazine rings is 1. The molecule has 1 aliphatic rings. The van der Waals surface area contributed by atoms with Crippen LogP contribution in [-0.2, 0) is 24.3 Å². The molecule has 6 nitrogen and oxygen atoms in total. The van der Waals surface area contributed by atoms with Crippen LogP contribution < -0.4 is 5.32 Å². The van der Waals surface area contributed by atoms with Gasteiger partial charge in [-0.3, -0.25) is 9.69 Å². The van der Waals surface area contributed by atoms with Crippen LogP contribution in [0.25, 0.3) is 11.3 Å². The third-order valence-corrected chi connectivity index (χ3v) is 5.66.